The van der Waals surface area contributed by atoms with E-state index in [1.807, 2.05) is 0 Å². The quantitative estimate of drug-likeness (QED) is 0.422. The lowest BCUT2D eigenvalue weighted by atomic mass is 10.5. The third-order valence-electron chi connectivity index (χ3n) is 3.07. The molecule has 0 atom stereocenters. The van der Waals surface area contributed by atoms with Crippen LogP contribution in [0.15, 0.2) is 0 Å². The van der Waals surface area contributed by atoms with Crippen LogP contribution in [0.2, 0.25) is 11.7 Å². The summed E-state index contributed by atoms with van der Waals surface area (Å²) in [7, 11) is 4.75. The molecule has 8 heteroatoms. The van der Waals surface area contributed by atoms with E-state index in [0.717, 1.165) is 12.5 Å². The number of hydrogen-bond donors (Lipinski definition) is 0. The van der Waals surface area contributed by atoms with Crippen molar-refractivity contribution in [2.24, 2.45) is 0 Å². The van der Waals surface area contributed by atoms with Crippen LogP contribution in [-0.2, 0) is 26.9 Å². The number of ether oxygens (including phenoxy) is 1. The predicted molar refractivity (Wildman–Crippen MR) is 72.7 cm³/mol. The molecule has 0 unspecified atom stereocenters. The van der Waals surface area contributed by atoms with Gasteiger partial charge >= 0.3 is 17.4 Å². The van der Waals surface area contributed by atoms with Gasteiger partial charge in [-0.1, -0.05) is 0 Å². The van der Waals surface area contributed by atoms with Gasteiger partial charge in [0.05, 0.1) is 5.67 Å². The highest BCUT2D eigenvalue weighted by molar-refractivity contribution is 6.83. The van der Waals surface area contributed by atoms with E-state index in [0.29, 0.717) is 12.3 Å². The molecule has 18 heavy (non-hydrogen) atoms. The van der Waals surface area contributed by atoms with E-state index in [1.54, 1.807) is 42.7 Å². The fraction of sp³-hybridized carbons (Fsp3) is 1.00. The van der Waals surface area contributed by atoms with Crippen LogP contribution < -0.4 is 0 Å². The molecule has 0 saturated heterocycles. The molecule has 0 spiro atoms. The molecule has 0 bridgehead atoms. The lowest BCUT2D eigenvalue weighted by molar-refractivity contribution is 0.121. The summed E-state index contributed by atoms with van der Waals surface area (Å²) in [5.41, 5.74) is 0.570. The Balaban J connectivity index is 4.75. The van der Waals surface area contributed by atoms with Gasteiger partial charge in [0.1, 0.15) is 0 Å². The van der Waals surface area contributed by atoms with E-state index in [-0.39, 0.29) is 0 Å². The highest BCUT2D eigenvalue weighted by Gasteiger charge is 2.51. The highest BCUT2D eigenvalue weighted by Crippen LogP contribution is 2.27. The molecule has 0 aliphatic rings. The van der Waals surface area contributed by atoms with E-state index in [4.69, 9.17) is 26.9 Å². The van der Waals surface area contributed by atoms with Crippen molar-refractivity contribution in [1.82, 2.24) is 0 Å². The average molecular weight is 298 g/mol. The number of rotatable bonds is 11. The Morgan fingerprint density at radius 2 is 1.22 bits per heavy atom. The van der Waals surface area contributed by atoms with Crippen molar-refractivity contribution in [3.63, 3.8) is 0 Å². The van der Waals surface area contributed by atoms with Crippen LogP contribution >= 0.6 is 0 Å². The third kappa shape index (κ3) is 5.06. The van der Waals surface area contributed by atoms with E-state index in [2.05, 4.69) is 0 Å². The largest absolute Gasteiger partial charge is 0.502 e. The van der Waals surface area contributed by atoms with Gasteiger partial charge < -0.3 is 26.9 Å². The van der Waals surface area contributed by atoms with Crippen molar-refractivity contribution in [2.45, 2.75) is 18.1 Å². The molecule has 0 heterocycles. The third-order valence-corrected chi connectivity index (χ3v) is 11.4. The zero-order valence-corrected chi connectivity index (χ0v) is 14.3. The van der Waals surface area contributed by atoms with E-state index in [9.17, 15) is 0 Å². The highest BCUT2D eigenvalue weighted by atomic mass is 28.4. The minimum Gasteiger partial charge on any atom is -0.398 e. The molecule has 0 rings (SSSR count). The molecule has 110 valence electrons. The van der Waals surface area contributed by atoms with Crippen LogP contribution in [0.5, 0.6) is 0 Å². The SMILES string of the molecule is COCCC[Si](C[Si](OC)(OC)OC)(OC)OC. The van der Waals surface area contributed by atoms with E-state index in [1.165, 1.54) is 0 Å². The van der Waals surface area contributed by atoms with Gasteiger partial charge in [-0.25, -0.2) is 0 Å². The van der Waals surface area contributed by atoms with Gasteiger partial charge in [-0.2, -0.15) is 0 Å². The molecular weight excluding hydrogens is 272 g/mol. The van der Waals surface area contributed by atoms with Crippen LogP contribution in [0.25, 0.3) is 0 Å². The minimum atomic E-state index is -2.68. The van der Waals surface area contributed by atoms with Gasteiger partial charge in [-0.15, -0.1) is 0 Å². The first-order valence-electron chi connectivity index (χ1n) is 5.82. The normalized spacial score (nSPS) is 13.0. The fourth-order valence-corrected chi connectivity index (χ4v) is 9.79. The van der Waals surface area contributed by atoms with Crippen molar-refractivity contribution in [3.8, 4) is 0 Å². The summed E-state index contributed by atoms with van der Waals surface area (Å²) in [6.45, 7) is 0.684. The maximum absolute atomic E-state index is 5.65. The zero-order valence-electron chi connectivity index (χ0n) is 12.3. The Hall–Kier alpha value is 0.194. The maximum Gasteiger partial charge on any atom is 0.502 e. The Morgan fingerprint density at radius 3 is 1.56 bits per heavy atom. The van der Waals surface area contributed by atoms with Crippen LogP contribution in [-0.4, -0.2) is 66.6 Å². The lowest BCUT2D eigenvalue weighted by Gasteiger charge is -2.34. The first-order valence-corrected chi connectivity index (χ1v) is 9.98. The first-order chi connectivity index (χ1) is 8.57. The van der Waals surface area contributed by atoms with Crippen molar-refractivity contribution in [2.75, 3.05) is 49.3 Å². The molecule has 0 aromatic rings. The average Bonchev–Trinajstić information content (AvgIpc) is 2.44. The van der Waals surface area contributed by atoms with Crippen LogP contribution in [0, 0.1) is 0 Å². The molecule has 0 aromatic carbocycles. The zero-order chi connectivity index (χ0) is 14.1. The van der Waals surface area contributed by atoms with E-state index < -0.39 is 17.4 Å². The molecule has 0 aliphatic carbocycles. The lowest BCUT2D eigenvalue weighted by Crippen LogP contribution is -2.54. The van der Waals surface area contributed by atoms with Gasteiger partial charge in [0.25, 0.3) is 0 Å². The van der Waals surface area contributed by atoms with Crippen LogP contribution in [0.3, 0.4) is 0 Å². The molecular formula is C10H26O6Si2. The van der Waals surface area contributed by atoms with Gasteiger partial charge in [-0.05, 0) is 12.5 Å². The van der Waals surface area contributed by atoms with Gasteiger partial charge in [-0.3, -0.25) is 0 Å². The molecule has 6 nitrogen and oxygen atoms in total. The number of hydrogen-bond acceptors (Lipinski definition) is 6. The smallest absolute Gasteiger partial charge is 0.398 e. The van der Waals surface area contributed by atoms with Crippen molar-refractivity contribution >= 4 is 17.4 Å². The standard InChI is InChI=1S/C10H26O6Si2/c1-11-8-7-9-17(12-2,13-3)10-18(14-4,15-5)16-6/h7-10H2,1-6H3. The summed E-state index contributed by atoms with van der Waals surface area (Å²) in [4.78, 5) is 0. The van der Waals surface area contributed by atoms with Crippen molar-refractivity contribution < 1.29 is 26.9 Å². The van der Waals surface area contributed by atoms with Gasteiger partial charge in [0, 0.05) is 49.3 Å². The van der Waals surface area contributed by atoms with Gasteiger partial charge in [0.2, 0.25) is 0 Å². The fourth-order valence-electron chi connectivity index (χ4n) is 1.80. The summed E-state index contributed by atoms with van der Waals surface area (Å²) in [6.07, 6.45) is 0.881. The minimum absolute atomic E-state index is 0.570. The summed E-state index contributed by atoms with van der Waals surface area (Å²) in [6, 6.07) is 0.818. The molecule has 0 N–H and O–H groups in total. The predicted octanol–water partition coefficient (Wildman–Crippen LogP) is 1.18. The Kier molecular flexibility index (Phi) is 9.25. The maximum atomic E-state index is 5.65. The van der Waals surface area contributed by atoms with Crippen molar-refractivity contribution in [1.29, 1.82) is 0 Å². The summed E-state index contributed by atoms with van der Waals surface area (Å²) < 4.78 is 32.7. The number of methoxy groups -OCH3 is 1. The monoisotopic (exact) mass is 298 g/mol. The van der Waals surface area contributed by atoms with Crippen LogP contribution in [0.4, 0.5) is 0 Å². The Bertz CT molecular complexity index is 200. The van der Waals surface area contributed by atoms with Crippen LogP contribution in [0.1, 0.15) is 6.42 Å². The summed E-state index contributed by atoms with van der Waals surface area (Å²) in [5, 5.41) is 0. The summed E-state index contributed by atoms with van der Waals surface area (Å²) >= 11 is 0. The topological polar surface area (TPSA) is 55.4 Å². The van der Waals surface area contributed by atoms with Gasteiger partial charge in [0.15, 0.2) is 0 Å². The molecule has 0 amide bonds. The van der Waals surface area contributed by atoms with E-state index >= 15 is 0 Å². The molecule has 0 fully saturated rings. The molecule has 0 saturated carbocycles. The Labute approximate surface area is 112 Å². The second-order valence-electron chi connectivity index (χ2n) is 3.89. The molecule has 0 aliphatic heterocycles. The summed E-state index contributed by atoms with van der Waals surface area (Å²) in [5.74, 6) is 0. The molecule has 0 aromatic heterocycles. The second-order valence-corrected chi connectivity index (χ2v) is 11.0. The second kappa shape index (κ2) is 9.15. The Morgan fingerprint density at radius 1 is 0.722 bits per heavy atom. The van der Waals surface area contributed by atoms with Crippen molar-refractivity contribution in [3.05, 3.63) is 0 Å². The molecule has 0 radical (unpaired) electrons. The first kappa shape index (κ1) is 18.2.